The lowest BCUT2D eigenvalue weighted by atomic mass is 9.97. The molecule has 2 heterocycles. The second kappa shape index (κ2) is 9.98. The molecule has 1 aromatic carbocycles. The average Bonchev–Trinajstić information content (AvgIpc) is 3.54. The van der Waals surface area contributed by atoms with Crippen LogP contribution in [0.5, 0.6) is 5.75 Å². The average molecular weight is 508 g/mol. The maximum Gasteiger partial charge on any atom is 0.390 e. The van der Waals surface area contributed by atoms with Crippen LogP contribution in [0.25, 0.3) is 0 Å². The van der Waals surface area contributed by atoms with Crippen LogP contribution >= 0.6 is 0 Å². The Bertz CT molecular complexity index is 1000. The first-order valence-corrected chi connectivity index (χ1v) is 13.0. The van der Waals surface area contributed by atoms with Gasteiger partial charge in [-0.2, -0.15) is 25.9 Å². The molecule has 7 nitrogen and oxygen atoms in total. The van der Waals surface area contributed by atoms with Gasteiger partial charge in [-0.15, -0.1) is 0 Å². The first kappa shape index (κ1) is 25.2. The molecule has 34 heavy (non-hydrogen) atoms. The second-order valence-corrected chi connectivity index (χ2v) is 11.0. The van der Waals surface area contributed by atoms with E-state index in [1.165, 1.54) is 6.07 Å². The van der Waals surface area contributed by atoms with Crippen LogP contribution in [0.1, 0.15) is 60.4 Å². The Morgan fingerprint density at radius 3 is 2.32 bits per heavy atom. The number of alkyl halides is 3. The topological polar surface area (TPSA) is 79.0 Å². The molecule has 0 bridgehead atoms. The number of nitrogens with one attached hydrogen (secondary N) is 1. The number of likely N-dealkylation sites (tertiary alicyclic amines) is 1. The van der Waals surface area contributed by atoms with E-state index >= 15 is 0 Å². The molecule has 3 aliphatic rings. The number of carbonyl (C=O) groups excluding carboxylic acids is 1. The summed E-state index contributed by atoms with van der Waals surface area (Å²) in [6.45, 7) is 2.06. The van der Waals surface area contributed by atoms with E-state index in [1.54, 1.807) is 4.90 Å². The Morgan fingerprint density at radius 2 is 1.76 bits per heavy atom. The third-order valence-electron chi connectivity index (χ3n) is 6.63. The van der Waals surface area contributed by atoms with E-state index in [0.717, 1.165) is 23.2 Å². The van der Waals surface area contributed by atoms with Crippen molar-refractivity contribution in [3.8, 4) is 5.75 Å². The number of hydrogen-bond donors (Lipinski definition) is 1. The molecule has 0 aromatic heterocycles. The number of ether oxygens (including phenoxy) is 1. The predicted octanol–water partition coefficient (Wildman–Crippen LogP) is 3.43. The highest BCUT2D eigenvalue weighted by atomic mass is 32.2. The van der Waals surface area contributed by atoms with Gasteiger partial charge in [0.15, 0.2) is 0 Å². The molecule has 0 radical (unpaired) electrons. The monoisotopic (exact) mass is 507 g/mol. The van der Waals surface area contributed by atoms with Crippen molar-refractivity contribution in [1.29, 1.82) is 0 Å². The van der Waals surface area contributed by atoms with Crippen molar-refractivity contribution in [2.45, 2.75) is 50.6 Å². The highest BCUT2D eigenvalue weighted by molar-refractivity contribution is 7.87. The fourth-order valence-electron chi connectivity index (χ4n) is 4.22. The molecule has 1 saturated carbocycles. The summed E-state index contributed by atoms with van der Waals surface area (Å²) in [5.41, 5.74) is 0.340. The second-order valence-electron chi connectivity index (χ2n) is 9.29. The Hall–Kier alpha value is -1.92. The zero-order valence-electron chi connectivity index (χ0n) is 18.7. The van der Waals surface area contributed by atoms with E-state index < -0.39 is 34.5 Å². The fourth-order valence-corrected chi connectivity index (χ4v) is 5.43. The first-order chi connectivity index (χ1) is 16.0. The summed E-state index contributed by atoms with van der Waals surface area (Å²) >= 11 is 0. The van der Waals surface area contributed by atoms with Gasteiger partial charge >= 0.3 is 16.4 Å². The predicted molar refractivity (Wildman–Crippen MR) is 116 cm³/mol. The summed E-state index contributed by atoms with van der Waals surface area (Å²) in [6.07, 6.45) is -1.15. The number of carbonyl (C=O) groups is 1. The van der Waals surface area contributed by atoms with Crippen molar-refractivity contribution >= 4 is 16.1 Å². The van der Waals surface area contributed by atoms with Crippen LogP contribution in [0.15, 0.2) is 12.1 Å². The van der Waals surface area contributed by atoms with Gasteiger partial charge in [0.1, 0.15) is 11.6 Å². The Morgan fingerprint density at radius 1 is 1.09 bits per heavy atom. The largest absolute Gasteiger partial charge is 0.493 e. The van der Waals surface area contributed by atoms with E-state index in [4.69, 9.17) is 4.74 Å². The Balaban J connectivity index is 1.36. The van der Waals surface area contributed by atoms with Gasteiger partial charge in [0.25, 0.3) is 5.91 Å². The Labute approximate surface area is 196 Å². The van der Waals surface area contributed by atoms with Gasteiger partial charge in [-0.3, -0.25) is 4.79 Å². The van der Waals surface area contributed by atoms with Crippen LogP contribution in [0, 0.1) is 11.7 Å². The lowest BCUT2D eigenvalue weighted by Gasteiger charge is -2.32. The zero-order chi connectivity index (χ0) is 24.5. The molecule has 1 aromatic rings. The number of nitrogens with zero attached hydrogens (tertiary/aromatic N) is 2. The molecule has 1 aliphatic carbocycles. The minimum atomic E-state index is -4.16. The SMILES string of the molecule is O=C(NS(=O)(=O)N1CCC1)c1cc(C2CC2)c(OCC2CCN(CCC(F)(F)F)CC2)cc1F. The van der Waals surface area contributed by atoms with E-state index in [9.17, 15) is 30.8 Å². The molecule has 0 unspecified atom stereocenters. The lowest BCUT2D eigenvalue weighted by Crippen LogP contribution is -2.49. The zero-order valence-corrected chi connectivity index (χ0v) is 19.6. The van der Waals surface area contributed by atoms with Crippen LogP contribution in [0.2, 0.25) is 0 Å². The van der Waals surface area contributed by atoms with Crippen LogP contribution in [0.4, 0.5) is 17.6 Å². The molecule has 2 aliphatic heterocycles. The molecule has 190 valence electrons. The van der Waals surface area contributed by atoms with Crippen LogP contribution < -0.4 is 9.46 Å². The standard InChI is InChI=1S/C22H29F4N3O4S/c23-19-13-20(33-14-15-4-9-28(10-5-15)11-6-22(24,25)26)17(16-2-3-16)12-18(19)21(30)27-34(31,32)29-7-1-8-29/h12-13,15-16H,1-11,14H2,(H,27,30). The summed E-state index contributed by atoms with van der Waals surface area (Å²) in [7, 11) is -3.99. The molecule has 1 N–H and O–H groups in total. The molecule has 12 heteroatoms. The summed E-state index contributed by atoms with van der Waals surface area (Å²) in [5, 5.41) is 0. The van der Waals surface area contributed by atoms with Crippen molar-refractivity contribution in [2.24, 2.45) is 5.92 Å². The van der Waals surface area contributed by atoms with Gasteiger partial charge in [-0.1, -0.05) is 0 Å². The maximum atomic E-state index is 14.8. The van der Waals surface area contributed by atoms with Gasteiger partial charge < -0.3 is 9.64 Å². The minimum Gasteiger partial charge on any atom is -0.493 e. The van der Waals surface area contributed by atoms with E-state index in [0.29, 0.717) is 63.4 Å². The van der Waals surface area contributed by atoms with Crippen molar-refractivity contribution in [1.82, 2.24) is 13.9 Å². The van der Waals surface area contributed by atoms with Crippen LogP contribution in [-0.4, -0.2) is 69.0 Å². The van der Waals surface area contributed by atoms with E-state index in [-0.39, 0.29) is 23.9 Å². The molecular weight excluding hydrogens is 478 g/mol. The molecule has 4 rings (SSSR count). The molecule has 2 saturated heterocycles. The van der Waals surface area contributed by atoms with Gasteiger partial charge in [0, 0.05) is 25.7 Å². The maximum absolute atomic E-state index is 14.8. The minimum absolute atomic E-state index is 0.00881. The van der Waals surface area contributed by atoms with Gasteiger partial charge in [0.2, 0.25) is 0 Å². The van der Waals surface area contributed by atoms with Gasteiger partial charge in [0.05, 0.1) is 18.6 Å². The van der Waals surface area contributed by atoms with Crippen LogP contribution in [0.3, 0.4) is 0 Å². The Kier molecular flexibility index (Phi) is 7.39. The fraction of sp³-hybridized carbons (Fsp3) is 0.682. The smallest absolute Gasteiger partial charge is 0.390 e. The molecule has 1 amide bonds. The molecule has 3 fully saturated rings. The third-order valence-corrected chi connectivity index (χ3v) is 8.12. The number of benzene rings is 1. The van der Waals surface area contributed by atoms with Crippen molar-refractivity contribution in [2.75, 3.05) is 39.3 Å². The summed E-state index contributed by atoms with van der Waals surface area (Å²) in [6, 6.07) is 2.51. The number of hydrogen-bond acceptors (Lipinski definition) is 5. The van der Waals surface area contributed by atoms with Crippen molar-refractivity contribution in [3.05, 3.63) is 29.1 Å². The lowest BCUT2D eigenvalue weighted by molar-refractivity contribution is -0.138. The summed E-state index contributed by atoms with van der Waals surface area (Å²) in [5.74, 6) is -1.27. The van der Waals surface area contributed by atoms with E-state index in [1.807, 2.05) is 4.72 Å². The van der Waals surface area contributed by atoms with Crippen LogP contribution in [-0.2, 0) is 10.2 Å². The number of piperidine rings is 1. The van der Waals surface area contributed by atoms with Gasteiger partial charge in [-0.05, 0) is 68.7 Å². The van der Waals surface area contributed by atoms with Gasteiger partial charge in [-0.25, -0.2) is 9.11 Å². The van der Waals surface area contributed by atoms with Crippen molar-refractivity contribution < 1.29 is 35.5 Å². The quantitative estimate of drug-likeness (QED) is 0.519. The highest BCUT2D eigenvalue weighted by Crippen LogP contribution is 2.45. The number of amides is 1. The van der Waals surface area contributed by atoms with Crippen molar-refractivity contribution in [3.63, 3.8) is 0 Å². The van der Waals surface area contributed by atoms with E-state index in [2.05, 4.69) is 0 Å². The third kappa shape index (κ3) is 6.39. The first-order valence-electron chi connectivity index (χ1n) is 11.6. The summed E-state index contributed by atoms with van der Waals surface area (Å²) in [4.78, 5) is 14.3. The molecule has 0 spiro atoms. The number of rotatable bonds is 9. The molecule has 0 atom stereocenters. The summed E-state index contributed by atoms with van der Waals surface area (Å²) < 4.78 is 85.4. The molecular formula is C22H29F4N3O4S. The normalized spacial score (nSPS) is 20.7. The number of halogens is 4. The highest BCUT2D eigenvalue weighted by Gasteiger charge is 2.33.